The molecule has 3 heteroatoms. The summed E-state index contributed by atoms with van der Waals surface area (Å²) in [4.78, 5) is 11.3. The number of allylic oxidation sites excluding steroid dienone is 4. The molecule has 0 aromatic rings. The van der Waals surface area contributed by atoms with E-state index in [1.54, 1.807) is 0 Å². The van der Waals surface area contributed by atoms with Gasteiger partial charge in [-0.25, -0.2) is 0 Å². The van der Waals surface area contributed by atoms with Crippen molar-refractivity contribution < 1.29 is 9.53 Å². The number of carbonyl (C=O) groups is 1. The Kier molecular flexibility index (Phi) is 20.6. The van der Waals surface area contributed by atoms with Gasteiger partial charge in [0.2, 0.25) is 0 Å². The molecule has 151 valence electrons. The van der Waals surface area contributed by atoms with Crippen LogP contribution in [0.4, 0.5) is 0 Å². The normalized spacial score (nSPS) is 13.0. The second kappa shape index (κ2) is 20.9. The Morgan fingerprint density at radius 2 is 1.38 bits per heavy atom. The van der Waals surface area contributed by atoms with Gasteiger partial charge in [0.25, 0.3) is 0 Å². The maximum atomic E-state index is 11.3. The van der Waals surface area contributed by atoms with Crippen LogP contribution in [0, 0.1) is 0 Å². The fraction of sp³-hybridized carbons (Fsp3) is 0.783. The number of hydrogen-bond donors (Lipinski definition) is 0. The third-order valence-electron chi connectivity index (χ3n) is 4.48. The van der Waals surface area contributed by atoms with Crippen molar-refractivity contribution in [2.45, 2.75) is 110 Å². The average Bonchev–Trinajstić information content (AvgIpc) is 2.63. The van der Waals surface area contributed by atoms with Crippen LogP contribution in [0.2, 0.25) is 0 Å². The van der Waals surface area contributed by atoms with Crippen molar-refractivity contribution in [3.63, 3.8) is 0 Å². The molecule has 1 atom stereocenters. The van der Waals surface area contributed by atoms with E-state index in [2.05, 4.69) is 54.2 Å². The third kappa shape index (κ3) is 18.4. The molecule has 0 spiro atoms. The Labute approximate surface area is 171 Å². The summed E-state index contributed by atoms with van der Waals surface area (Å²) < 4.78 is 5.72. The van der Waals surface area contributed by atoms with Crippen LogP contribution >= 0.6 is 0 Å². The van der Waals surface area contributed by atoms with E-state index < -0.39 is 0 Å². The first kappa shape index (κ1) is 25.6. The first-order valence-electron chi connectivity index (χ1n) is 10.8. The van der Waals surface area contributed by atoms with Gasteiger partial charge in [0, 0.05) is 0 Å². The molecule has 0 saturated heterocycles. The molecule has 26 heavy (non-hydrogen) atoms. The van der Waals surface area contributed by atoms with Gasteiger partial charge in [0.05, 0.1) is 0 Å². The zero-order valence-corrected chi connectivity index (χ0v) is 18.9. The zero-order chi connectivity index (χ0) is 19.3. The van der Waals surface area contributed by atoms with Crippen molar-refractivity contribution >= 4 is 20.7 Å². The van der Waals surface area contributed by atoms with Crippen molar-refractivity contribution in [2.75, 3.05) is 6.61 Å². The van der Waals surface area contributed by atoms with E-state index in [1.807, 2.05) is 0 Å². The van der Waals surface area contributed by atoms with E-state index in [9.17, 15) is 4.79 Å². The summed E-state index contributed by atoms with van der Waals surface area (Å²) in [5.41, 5.74) is 0. The molecule has 0 amide bonds. The summed E-state index contributed by atoms with van der Waals surface area (Å²) in [7, 11) is 0. The number of rotatable bonds is 19. The SMILES string of the molecule is CCCCC/C=C\C/C=C\CCCCCCCCOC(CCC)C(=O)[Se]. The van der Waals surface area contributed by atoms with Crippen molar-refractivity contribution in [2.24, 2.45) is 0 Å². The molecule has 0 aromatic heterocycles. The molecular formula is C23H41O2Se. The van der Waals surface area contributed by atoms with Gasteiger partial charge in [-0.05, 0) is 19.3 Å². The summed E-state index contributed by atoms with van der Waals surface area (Å²) in [6.07, 6.45) is 25.8. The van der Waals surface area contributed by atoms with Gasteiger partial charge >= 0.3 is 114 Å². The van der Waals surface area contributed by atoms with E-state index in [-0.39, 0.29) is 10.8 Å². The van der Waals surface area contributed by atoms with Crippen molar-refractivity contribution in [1.29, 1.82) is 0 Å². The van der Waals surface area contributed by atoms with Crippen molar-refractivity contribution in [1.82, 2.24) is 0 Å². The van der Waals surface area contributed by atoms with E-state index >= 15 is 0 Å². The van der Waals surface area contributed by atoms with Crippen LogP contribution in [-0.2, 0) is 9.53 Å². The Balaban J connectivity index is 3.33. The number of carbonyl (C=O) groups excluding carboxylic acids is 1. The molecule has 0 rings (SSSR count). The van der Waals surface area contributed by atoms with E-state index in [0.29, 0.717) is 6.61 Å². The summed E-state index contributed by atoms with van der Waals surface area (Å²) in [5, 5.41) is 0. The van der Waals surface area contributed by atoms with Gasteiger partial charge in [-0.2, -0.15) is 0 Å². The molecule has 0 N–H and O–H groups in total. The van der Waals surface area contributed by atoms with Gasteiger partial charge in [-0.1, -0.05) is 38.0 Å². The quantitative estimate of drug-likeness (QED) is 0.130. The topological polar surface area (TPSA) is 26.3 Å². The van der Waals surface area contributed by atoms with E-state index in [0.717, 1.165) is 25.7 Å². The van der Waals surface area contributed by atoms with E-state index in [1.165, 1.54) is 64.2 Å². The second-order valence-electron chi connectivity index (χ2n) is 7.05. The Hall–Kier alpha value is -0.371. The number of ether oxygens (including phenoxy) is 1. The van der Waals surface area contributed by atoms with Gasteiger partial charge in [0.15, 0.2) is 0 Å². The Morgan fingerprint density at radius 3 is 1.96 bits per heavy atom. The van der Waals surface area contributed by atoms with Crippen LogP contribution in [0.25, 0.3) is 0 Å². The van der Waals surface area contributed by atoms with Crippen LogP contribution in [-0.4, -0.2) is 33.4 Å². The Bertz CT molecular complexity index is 363. The van der Waals surface area contributed by atoms with Crippen LogP contribution in [0.1, 0.15) is 104 Å². The molecule has 0 saturated carbocycles. The van der Waals surface area contributed by atoms with E-state index in [4.69, 9.17) is 4.74 Å². The Morgan fingerprint density at radius 1 is 0.808 bits per heavy atom. The van der Waals surface area contributed by atoms with Gasteiger partial charge in [-0.3, -0.25) is 0 Å². The van der Waals surface area contributed by atoms with Crippen molar-refractivity contribution in [3.8, 4) is 0 Å². The molecule has 0 aromatic carbocycles. The molecule has 0 aliphatic heterocycles. The van der Waals surface area contributed by atoms with Gasteiger partial charge < -0.3 is 0 Å². The van der Waals surface area contributed by atoms with Gasteiger partial charge in [-0.15, -0.1) is 0 Å². The summed E-state index contributed by atoms with van der Waals surface area (Å²) in [6.45, 7) is 5.05. The first-order valence-corrected chi connectivity index (χ1v) is 11.7. The molecular weight excluding hydrogens is 387 g/mol. The molecule has 2 nitrogen and oxygen atoms in total. The predicted molar refractivity (Wildman–Crippen MR) is 115 cm³/mol. The average molecular weight is 429 g/mol. The maximum absolute atomic E-state index is 11.3. The van der Waals surface area contributed by atoms with Crippen molar-refractivity contribution in [3.05, 3.63) is 24.3 Å². The monoisotopic (exact) mass is 429 g/mol. The second-order valence-corrected chi connectivity index (χ2v) is 7.90. The van der Waals surface area contributed by atoms with Crippen LogP contribution in [0.3, 0.4) is 0 Å². The fourth-order valence-electron chi connectivity index (χ4n) is 2.85. The molecule has 0 fully saturated rings. The summed E-state index contributed by atoms with van der Waals surface area (Å²) in [6, 6.07) is 0. The molecule has 0 bridgehead atoms. The molecule has 0 heterocycles. The zero-order valence-electron chi connectivity index (χ0n) is 17.2. The summed E-state index contributed by atoms with van der Waals surface area (Å²) in [5.74, 6) is 0. The standard InChI is InChI=1S/C23H41O2Se/c1-3-5-6-7-8-9-10-11-12-13-14-15-16-17-18-19-21-25-22(20-4-2)23(24)26/h8-9,11-12,22H,3-7,10,13-21H2,1-2H3/b9-8-,12-11-. The fourth-order valence-corrected chi connectivity index (χ4v) is 3.24. The number of unbranched alkanes of at least 4 members (excludes halogenated alkanes) is 9. The minimum absolute atomic E-state index is 0.0480. The first-order chi connectivity index (χ1) is 12.7. The predicted octanol–water partition coefficient (Wildman–Crippen LogP) is 6.68. The van der Waals surface area contributed by atoms with Crippen LogP contribution < -0.4 is 0 Å². The number of hydrogen-bond acceptors (Lipinski definition) is 2. The van der Waals surface area contributed by atoms with Crippen LogP contribution in [0.15, 0.2) is 24.3 Å². The summed E-state index contributed by atoms with van der Waals surface area (Å²) >= 11 is 2.56. The van der Waals surface area contributed by atoms with Gasteiger partial charge in [0.1, 0.15) is 0 Å². The minimum atomic E-state index is -0.224. The molecule has 0 aliphatic rings. The molecule has 0 aliphatic carbocycles. The van der Waals surface area contributed by atoms with Crippen LogP contribution in [0.5, 0.6) is 0 Å². The third-order valence-corrected chi connectivity index (χ3v) is 5.03. The molecule has 1 unspecified atom stereocenters. The molecule has 1 radical (unpaired) electrons.